The minimum atomic E-state index is 0.648. The molecule has 1 aliphatic carbocycles. The molecule has 0 aliphatic heterocycles. The third-order valence-corrected chi connectivity index (χ3v) is 3.14. The first-order valence-corrected chi connectivity index (χ1v) is 5.56. The lowest BCUT2D eigenvalue weighted by molar-refractivity contribution is 0.524. The van der Waals surface area contributed by atoms with E-state index in [1.165, 1.54) is 25.7 Å². The highest BCUT2D eigenvalue weighted by molar-refractivity contribution is 5.34. The molecule has 1 aliphatic rings. The Morgan fingerprint density at radius 1 is 1.43 bits per heavy atom. The molecule has 1 aromatic rings. The van der Waals surface area contributed by atoms with E-state index in [2.05, 4.69) is 17.2 Å². The first kappa shape index (κ1) is 9.50. The molecule has 0 saturated heterocycles. The summed E-state index contributed by atoms with van der Waals surface area (Å²) in [5, 5.41) is 3.49. The number of nitrogens with zero attached hydrogens (tertiary/aromatic N) is 1. The minimum Gasteiger partial charge on any atom is -0.367 e. The van der Waals surface area contributed by atoms with Crippen LogP contribution in [0.4, 0.5) is 5.82 Å². The van der Waals surface area contributed by atoms with E-state index in [1.54, 1.807) is 0 Å². The van der Waals surface area contributed by atoms with Gasteiger partial charge in [-0.2, -0.15) is 0 Å². The molecule has 1 N–H and O–H groups in total. The van der Waals surface area contributed by atoms with Crippen molar-refractivity contribution in [2.45, 2.75) is 38.6 Å². The molecule has 2 rings (SSSR count). The van der Waals surface area contributed by atoms with Crippen molar-refractivity contribution >= 4 is 5.82 Å². The van der Waals surface area contributed by atoms with E-state index >= 15 is 0 Å². The summed E-state index contributed by atoms with van der Waals surface area (Å²) >= 11 is 0. The van der Waals surface area contributed by atoms with Crippen molar-refractivity contribution in [3.63, 3.8) is 0 Å². The lowest BCUT2D eigenvalue weighted by Crippen LogP contribution is -2.16. The van der Waals surface area contributed by atoms with Crippen LogP contribution >= 0.6 is 0 Å². The van der Waals surface area contributed by atoms with Crippen LogP contribution in [0.25, 0.3) is 0 Å². The van der Waals surface area contributed by atoms with Gasteiger partial charge in [-0.25, -0.2) is 4.98 Å². The van der Waals surface area contributed by atoms with E-state index in [4.69, 9.17) is 0 Å². The van der Waals surface area contributed by atoms with Crippen molar-refractivity contribution in [1.29, 1.82) is 0 Å². The zero-order valence-corrected chi connectivity index (χ0v) is 8.74. The van der Waals surface area contributed by atoms with Crippen molar-refractivity contribution in [3.8, 4) is 0 Å². The molecule has 14 heavy (non-hydrogen) atoms. The largest absolute Gasteiger partial charge is 0.367 e. The molecule has 2 nitrogen and oxygen atoms in total. The lowest BCUT2D eigenvalue weighted by Gasteiger charge is -2.12. The Labute approximate surface area is 85.7 Å². The summed E-state index contributed by atoms with van der Waals surface area (Å²) in [4.78, 5) is 4.28. The van der Waals surface area contributed by atoms with Gasteiger partial charge >= 0.3 is 0 Å². The van der Waals surface area contributed by atoms with Gasteiger partial charge in [-0.1, -0.05) is 19.4 Å². The third kappa shape index (κ3) is 2.25. The van der Waals surface area contributed by atoms with Crippen molar-refractivity contribution in [1.82, 2.24) is 4.98 Å². The number of anilines is 1. The molecular formula is C12H18N2. The van der Waals surface area contributed by atoms with Crippen molar-refractivity contribution < 1.29 is 0 Å². The third-order valence-electron chi connectivity index (χ3n) is 3.14. The highest BCUT2D eigenvalue weighted by Gasteiger charge is 2.22. The highest BCUT2D eigenvalue weighted by atomic mass is 15.0. The average Bonchev–Trinajstić information content (AvgIpc) is 2.67. The number of aromatic nitrogens is 1. The van der Waals surface area contributed by atoms with E-state index in [0.717, 1.165) is 11.7 Å². The zero-order chi connectivity index (χ0) is 9.80. The van der Waals surface area contributed by atoms with Gasteiger partial charge in [0, 0.05) is 12.2 Å². The molecule has 1 fully saturated rings. The van der Waals surface area contributed by atoms with Crippen LogP contribution in [-0.4, -0.2) is 11.0 Å². The van der Waals surface area contributed by atoms with Crippen molar-refractivity contribution in [2.75, 3.05) is 5.32 Å². The molecule has 0 radical (unpaired) electrons. The lowest BCUT2D eigenvalue weighted by atomic mass is 10.1. The van der Waals surface area contributed by atoms with E-state index < -0.39 is 0 Å². The summed E-state index contributed by atoms with van der Waals surface area (Å²) in [5.41, 5.74) is 0. The molecule has 1 saturated carbocycles. The number of hydrogen-bond acceptors (Lipinski definition) is 2. The standard InChI is InChI=1S/C12H18N2/c1-2-10-6-7-11(9-10)14-12-5-3-4-8-13-12/h3-5,8,10-11H,2,6-7,9H2,1H3,(H,13,14). The van der Waals surface area contributed by atoms with Crippen LogP contribution < -0.4 is 5.32 Å². The summed E-state index contributed by atoms with van der Waals surface area (Å²) in [6.45, 7) is 2.29. The molecule has 76 valence electrons. The van der Waals surface area contributed by atoms with Crippen LogP contribution in [0.5, 0.6) is 0 Å². The fraction of sp³-hybridized carbons (Fsp3) is 0.583. The second-order valence-electron chi connectivity index (χ2n) is 4.14. The zero-order valence-electron chi connectivity index (χ0n) is 8.74. The summed E-state index contributed by atoms with van der Waals surface area (Å²) in [6, 6.07) is 6.67. The highest BCUT2D eigenvalue weighted by Crippen LogP contribution is 2.29. The van der Waals surface area contributed by atoms with Crippen LogP contribution in [0.1, 0.15) is 32.6 Å². The first-order valence-electron chi connectivity index (χ1n) is 5.56. The Hall–Kier alpha value is -1.05. The maximum Gasteiger partial charge on any atom is 0.126 e. The molecule has 2 unspecified atom stereocenters. The van der Waals surface area contributed by atoms with Gasteiger partial charge < -0.3 is 5.32 Å². The average molecular weight is 190 g/mol. The summed E-state index contributed by atoms with van der Waals surface area (Å²) in [5.74, 6) is 1.95. The topological polar surface area (TPSA) is 24.9 Å². The maximum absolute atomic E-state index is 4.28. The fourth-order valence-corrected chi connectivity index (χ4v) is 2.23. The van der Waals surface area contributed by atoms with E-state index in [0.29, 0.717) is 6.04 Å². The second kappa shape index (κ2) is 4.45. The molecule has 2 heteroatoms. The van der Waals surface area contributed by atoms with E-state index in [-0.39, 0.29) is 0 Å². The Morgan fingerprint density at radius 2 is 2.36 bits per heavy atom. The van der Waals surface area contributed by atoms with Gasteiger partial charge in [0.25, 0.3) is 0 Å². The number of nitrogens with one attached hydrogen (secondary N) is 1. The van der Waals surface area contributed by atoms with Gasteiger partial charge in [-0.15, -0.1) is 0 Å². The predicted molar refractivity (Wildman–Crippen MR) is 59.3 cm³/mol. The second-order valence-corrected chi connectivity index (χ2v) is 4.14. The van der Waals surface area contributed by atoms with Crippen molar-refractivity contribution in [2.24, 2.45) is 5.92 Å². The summed E-state index contributed by atoms with van der Waals surface area (Å²) in [7, 11) is 0. The summed E-state index contributed by atoms with van der Waals surface area (Å²) < 4.78 is 0. The van der Waals surface area contributed by atoms with Gasteiger partial charge in [0.1, 0.15) is 5.82 Å². The summed E-state index contributed by atoms with van der Waals surface area (Å²) in [6.07, 6.45) is 7.15. The van der Waals surface area contributed by atoms with Crippen LogP contribution in [0, 0.1) is 5.92 Å². The van der Waals surface area contributed by atoms with Gasteiger partial charge in [-0.3, -0.25) is 0 Å². The fourth-order valence-electron chi connectivity index (χ4n) is 2.23. The van der Waals surface area contributed by atoms with Crippen molar-refractivity contribution in [3.05, 3.63) is 24.4 Å². The number of rotatable bonds is 3. The SMILES string of the molecule is CCC1CCC(Nc2ccccn2)C1. The number of hydrogen-bond donors (Lipinski definition) is 1. The molecular weight excluding hydrogens is 172 g/mol. The van der Waals surface area contributed by atoms with Gasteiger partial charge in [0.05, 0.1) is 0 Å². The van der Waals surface area contributed by atoms with E-state index in [1.807, 2.05) is 24.4 Å². The Balaban J connectivity index is 1.88. The van der Waals surface area contributed by atoms with Gasteiger partial charge in [0.2, 0.25) is 0 Å². The molecule has 0 bridgehead atoms. The monoisotopic (exact) mass is 190 g/mol. The number of pyridine rings is 1. The van der Waals surface area contributed by atoms with Crippen LogP contribution in [0.15, 0.2) is 24.4 Å². The van der Waals surface area contributed by atoms with Crippen LogP contribution in [0.3, 0.4) is 0 Å². The molecule has 0 spiro atoms. The molecule has 0 aromatic carbocycles. The normalized spacial score (nSPS) is 26.4. The molecule has 1 aromatic heterocycles. The molecule has 1 heterocycles. The first-order chi connectivity index (χ1) is 6.88. The van der Waals surface area contributed by atoms with Gasteiger partial charge in [-0.05, 0) is 37.3 Å². The Kier molecular flexibility index (Phi) is 3.02. The minimum absolute atomic E-state index is 0.648. The molecule has 2 atom stereocenters. The predicted octanol–water partition coefficient (Wildman–Crippen LogP) is 3.07. The van der Waals surface area contributed by atoms with Gasteiger partial charge in [0.15, 0.2) is 0 Å². The Bertz CT molecular complexity index is 271. The quantitative estimate of drug-likeness (QED) is 0.792. The maximum atomic E-state index is 4.28. The molecule has 0 amide bonds. The Morgan fingerprint density at radius 3 is 3.00 bits per heavy atom. The smallest absolute Gasteiger partial charge is 0.126 e. The van der Waals surface area contributed by atoms with Crippen LogP contribution in [-0.2, 0) is 0 Å². The van der Waals surface area contributed by atoms with E-state index in [9.17, 15) is 0 Å². The van der Waals surface area contributed by atoms with Crippen LogP contribution in [0.2, 0.25) is 0 Å².